The van der Waals surface area contributed by atoms with E-state index in [9.17, 15) is 8.78 Å². The molecule has 0 aliphatic carbocycles. The molecule has 0 amide bonds. The number of rotatable bonds is 9. The van der Waals surface area contributed by atoms with E-state index in [2.05, 4.69) is 11.4 Å². The van der Waals surface area contributed by atoms with Crippen molar-refractivity contribution in [1.82, 2.24) is 5.32 Å². The van der Waals surface area contributed by atoms with Crippen LogP contribution in [0.3, 0.4) is 0 Å². The van der Waals surface area contributed by atoms with E-state index in [1.165, 1.54) is 19.2 Å². The van der Waals surface area contributed by atoms with Gasteiger partial charge in [-0.15, -0.1) is 0 Å². The first-order valence-electron chi connectivity index (χ1n) is 10.2. The van der Waals surface area contributed by atoms with Crippen molar-refractivity contribution in [2.24, 2.45) is 5.92 Å². The van der Waals surface area contributed by atoms with E-state index in [1.54, 1.807) is 24.3 Å². The zero-order valence-corrected chi connectivity index (χ0v) is 17.7. The third kappa shape index (κ3) is 5.91. The lowest BCUT2D eigenvalue weighted by atomic mass is 10.1. The van der Waals surface area contributed by atoms with Gasteiger partial charge in [-0.05, 0) is 37.4 Å². The number of nitrogens with zero attached hydrogens (tertiary/aromatic N) is 2. The lowest BCUT2D eigenvalue weighted by Gasteiger charge is -2.32. The summed E-state index contributed by atoms with van der Waals surface area (Å²) >= 11 is 0. The van der Waals surface area contributed by atoms with Gasteiger partial charge in [-0.25, -0.2) is 4.39 Å². The quantitative estimate of drug-likeness (QED) is 0.656. The second-order valence-corrected chi connectivity index (χ2v) is 7.44. The topological polar surface area (TPSA) is 66.8 Å². The van der Waals surface area contributed by atoms with Gasteiger partial charge in [-0.2, -0.15) is 9.65 Å². The van der Waals surface area contributed by atoms with Crippen LogP contribution >= 0.6 is 0 Å². The predicted molar refractivity (Wildman–Crippen MR) is 113 cm³/mol. The van der Waals surface area contributed by atoms with Crippen molar-refractivity contribution in [1.29, 1.82) is 5.26 Å². The molecule has 1 aliphatic rings. The summed E-state index contributed by atoms with van der Waals surface area (Å²) in [6, 6.07) is 12.0. The summed E-state index contributed by atoms with van der Waals surface area (Å²) in [5.41, 5.74) is 1.53. The van der Waals surface area contributed by atoms with Crippen LogP contribution in [-0.2, 0) is 16.0 Å². The number of anilines is 1. The summed E-state index contributed by atoms with van der Waals surface area (Å²) in [6.07, 6.45) is 0.207. The van der Waals surface area contributed by atoms with Gasteiger partial charge in [0.05, 0.1) is 32.0 Å². The molecule has 1 saturated heterocycles. The molecule has 166 valence electrons. The monoisotopic (exact) mass is 431 g/mol. The molecule has 0 saturated carbocycles. The standard InChI is InChI=1S/C23H27F2N3O3/c1-27-12-17-14-30-21(31-15-17)9-10-28(19-6-3-16(11-26)4-7-19)13-18-5-8-20(29-2)23(25)22(18)24/h3-8,17,21,27H,9-10,12-15H2,1-2H3. The minimum Gasteiger partial charge on any atom is -0.494 e. The molecule has 0 radical (unpaired) electrons. The van der Waals surface area contributed by atoms with Crippen molar-refractivity contribution >= 4 is 5.69 Å². The van der Waals surface area contributed by atoms with Crippen LogP contribution in [0.1, 0.15) is 17.5 Å². The Morgan fingerprint density at radius 2 is 1.84 bits per heavy atom. The molecule has 0 aromatic heterocycles. The minimum atomic E-state index is -1.01. The summed E-state index contributed by atoms with van der Waals surface area (Å²) in [5.74, 6) is -1.76. The van der Waals surface area contributed by atoms with Gasteiger partial charge in [0.25, 0.3) is 0 Å². The van der Waals surface area contributed by atoms with Crippen LogP contribution in [0, 0.1) is 28.9 Å². The van der Waals surface area contributed by atoms with Crippen molar-refractivity contribution in [3.63, 3.8) is 0 Å². The van der Waals surface area contributed by atoms with E-state index in [0.717, 1.165) is 12.2 Å². The molecule has 2 aromatic rings. The van der Waals surface area contributed by atoms with Crippen LogP contribution in [0.15, 0.2) is 36.4 Å². The van der Waals surface area contributed by atoms with Crippen molar-refractivity contribution in [2.75, 3.05) is 45.4 Å². The van der Waals surface area contributed by atoms with Crippen LogP contribution in [0.4, 0.5) is 14.5 Å². The van der Waals surface area contributed by atoms with Gasteiger partial charge in [0, 0.05) is 43.2 Å². The summed E-state index contributed by atoms with van der Waals surface area (Å²) in [6.45, 7) is 2.70. The molecule has 0 bridgehead atoms. The lowest BCUT2D eigenvalue weighted by Crippen LogP contribution is -2.38. The number of benzene rings is 2. The highest BCUT2D eigenvalue weighted by atomic mass is 19.2. The summed E-state index contributed by atoms with van der Waals surface area (Å²) in [5, 5.41) is 12.2. The maximum Gasteiger partial charge on any atom is 0.200 e. The highest BCUT2D eigenvalue weighted by molar-refractivity contribution is 5.50. The SMILES string of the molecule is CNCC1COC(CCN(Cc2ccc(OC)c(F)c2F)c2ccc(C#N)cc2)OC1. The molecular weight excluding hydrogens is 404 g/mol. The smallest absolute Gasteiger partial charge is 0.200 e. The number of methoxy groups -OCH3 is 1. The summed E-state index contributed by atoms with van der Waals surface area (Å²) in [4.78, 5) is 1.91. The average Bonchev–Trinajstić information content (AvgIpc) is 2.80. The van der Waals surface area contributed by atoms with Gasteiger partial charge < -0.3 is 24.4 Å². The van der Waals surface area contributed by atoms with Gasteiger partial charge in [0.15, 0.2) is 17.9 Å². The number of ether oxygens (including phenoxy) is 3. The average molecular weight is 431 g/mol. The van der Waals surface area contributed by atoms with Crippen molar-refractivity contribution < 1.29 is 23.0 Å². The molecule has 6 nitrogen and oxygen atoms in total. The first-order valence-corrected chi connectivity index (χ1v) is 10.2. The normalized spacial score (nSPS) is 18.4. The lowest BCUT2D eigenvalue weighted by molar-refractivity contribution is -0.200. The minimum absolute atomic E-state index is 0.133. The Kier molecular flexibility index (Phi) is 8.18. The Morgan fingerprint density at radius 3 is 2.45 bits per heavy atom. The van der Waals surface area contributed by atoms with E-state index in [0.29, 0.717) is 37.7 Å². The fourth-order valence-electron chi connectivity index (χ4n) is 3.52. The first kappa shape index (κ1) is 22.9. The van der Waals surface area contributed by atoms with Gasteiger partial charge >= 0.3 is 0 Å². The molecule has 31 heavy (non-hydrogen) atoms. The van der Waals surface area contributed by atoms with Crippen LogP contribution in [0.5, 0.6) is 5.75 Å². The van der Waals surface area contributed by atoms with Crippen LogP contribution < -0.4 is 15.0 Å². The highest BCUT2D eigenvalue weighted by Crippen LogP contribution is 2.26. The Bertz CT molecular complexity index is 894. The molecule has 1 fully saturated rings. The fraction of sp³-hybridized carbons (Fsp3) is 0.435. The van der Waals surface area contributed by atoms with E-state index in [1.807, 2.05) is 11.9 Å². The Morgan fingerprint density at radius 1 is 1.13 bits per heavy atom. The number of hydrogen-bond acceptors (Lipinski definition) is 6. The second-order valence-electron chi connectivity index (χ2n) is 7.44. The zero-order chi connectivity index (χ0) is 22.2. The summed E-state index contributed by atoms with van der Waals surface area (Å²) < 4.78 is 45.2. The maximum atomic E-state index is 14.6. The van der Waals surface area contributed by atoms with Gasteiger partial charge in [0.2, 0.25) is 5.82 Å². The maximum absolute atomic E-state index is 14.6. The Balaban J connectivity index is 1.73. The zero-order valence-electron chi connectivity index (χ0n) is 17.7. The van der Waals surface area contributed by atoms with Crippen LogP contribution in [0.25, 0.3) is 0 Å². The van der Waals surface area contributed by atoms with Crippen molar-refractivity contribution in [2.45, 2.75) is 19.3 Å². The van der Waals surface area contributed by atoms with E-state index in [-0.39, 0.29) is 24.1 Å². The molecule has 3 rings (SSSR count). The first-order chi connectivity index (χ1) is 15.0. The number of nitriles is 1. The fourth-order valence-corrected chi connectivity index (χ4v) is 3.52. The molecule has 2 aromatic carbocycles. The van der Waals surface area contributed by atoms with E-state index >= 15 is 0 Å². The Hall–Kier alpha value is -2.73. The van der Waals surface area contributed by atoms with Crippen molar-refractivity contribution in [3.8, 4) is 11.8 Å². The van der Waals surface area contributed by atoms with E-state index in [4.69, 9.17) is 19.5 Å². The van der Waals surface area contributed by atoms with Gasteiger partial charge in [-0.1, -0.05) is 6.07 Å². The molecule has 0 atom stereocenters. The van der Waals surface area contributed by atoms with E-state index < -0.39 is 11.6 Å². The molecule has 1 N–H and O–H groups in total. The molecular formula is C23H27F2N3O3. The predicted octanol–water partition coefficient (Wildman–Crippen LogP) is 3.45. The third-order valence-corrected chi connectivity index (χ3v) is 5.23. The number of hydrogen-bond donors (Lipinski definition) is 1. The van der Waals surface area contributed by atoms with Gasteiger partial charge in [-0.3, -0.25) is 0 Å². The molecule has 1 heterocycles. The molecule has 0 spiro atoms. The number of nitrogens with one attached hydrogen (secondary N) is 1. The van der Waals surface area contributed by atoms with Gasteiger partial charge in [0.1, 0.15) is 0 Å². The Labute approximate surface area is 181 Å². The molecule has 0 unspecified atom stereocenters. The van der Waals surface area contributed by atoms with Crippen LogP contribution in [0.2, 0.25) is 0 Å². The third-order valence-electron chi connectivity index (χ3n) is 5.23. The molecule has 1 aliphatic heterocycles. The highest BCUT2D eigenvalue weighted by Gasteiger charge is 2.23. The molecule has 8 heteroatoms. The van der Waals surface area contributed by atoms with Crippen molar-refractivity contribution in [3.05, 3.63) is 59.2 Å². The largest absolute Gasteiger partial charge is 0.494 e. The van der Waals surface area contributed by atoms with Crippen LogP contribution in [-0.4, -0.2) is 46.8 Å². The number of halogens is 2. The second kappa shape index (κ2) is 11.0. The summed E-state index contributed by atoms with van der Waals surface area (Å²) in [7, 11) is 3.19.